The van der Waals surface area contributed by atoms with Gasteiger partial charge in [-0.15, -0.1) is 0 Å². The van der Waals surface area contributed by atoms with Crippen molar-refractivity contribution in [2.75, 3.05) is 0 Å². The van der Waals surface area contributed by atoms with Gasteiger partial charge < -0.3 is 18.8 Å². The molecule has 3 aromatic heterocycles. The molecule has 0 radical (unpaired) electrons. The van der Waals surface area contributed by atoms with Crippen molar-refractivity contribution in [1.82, 2.24) is 28.7 Å². The van der Waals surface area contributed by atoms with E-state index < -0.39 is 0 Å². The molecule has 8 nitrogen and oxygen atoms in total. The van der Waals surface area contributed by atoms with Gasteiger partial charge in [-0.05, 0) is 20.8 Å². The maximum Gasteiger partial charge on any atom is 0.290 e. The van der Waals surface area contributed by atoms with Gasteiger partial charge in [-0.3, -0.25) is 4.79 Å². The highest BCUT2D eigenvalue weighted by Gasteiger charge is 2.15. The van der Waals surface area contributed by atoms with Crippen molar-refractivity contribution >= 4 is 6.47 Å². The molecule has 0 fully saturated rings. The molecule has 8 heteroatoms. The number of aromatic nitrogens is 6. The average Bonchev–Trinajstić information content (AvgIpc) is 3.26. The molecule has 24 heavy (non-hydrogen) atoms. The van der Waals surface area contributed by atoms with Crippen LogP contribution < -0.4 is 0 Å². The lowest BCUT2D eigenvalue weighted by atomic mass is 10.4. The lowest BCUT2D eigenvalue weighted by Crippen LogP contribution is -2.05. The van der Waals surface area contributed by atoms with Crippen molar-refractivity contribution in [1.29, 1.82) is 0 Å². The van der Waals surface area contributed by atoms with E-state index >= 15 is 0 Å². The second kappa shape index (κ2) is 7.58. The van der Waals surface area contributed by atoms with Crippen LogP contribution in [0.1, 0.15) is 24.0 Å². The Labute approximate surface area is 140 Å². The smallest absolute Gasteiger partial charge is 0.290 e. The lowest BCUT2D eigenvalue weighted by Gasteiger charge is -2.06. The first-order chi connectivity index (χ1) is 11.5. The SMILES string of the molecule is CCn1cnc(Cn2ccnc2-c2nc(C)c(C)n2C)c1.O=CO. The molecule has 128 valence electrons. The third kappa shape index (κ3) is 3.53. The zero-order chi connectivity index (χ0) is 17.7. The molecule has 0 saturated heterocycles. The molecule has 0 aliphatic heterocycles. The second-order valence-electron chi connectivity index (χ2n) is 5.34. The molecular weight excluding hydrogens is 308 g/mol. The summed E-state index contributed by atoms with van der Waals surface area (Å²) in [6, 6.07) is 0. The maximum atomic E-state index is 8.36. The minimum absolute atomic E-state index is 0.250. The van der Waals surface area contributed by atoms with Crippen molar-refractivity contribution in [2.45, 2.75) is 33.9 Å². The van der Waals surface area contributed by atoms with Crippen molar-refractivity contribution in [3.05, 3.63) is 42.0 Å². The Bertz CT molecular complexity index is 815. The minimum Gasteiger partial charge on any atom is -0.483 e. The molecule has 3 rings (SSSR count). The molecular formula is C16H22N6O2. The van der Waals surface area contributed by atoms with Gasteiger partial charge in [0.05, 0.1) is 24.3 Å². The summed E-state index contributed by atoms with van der Waals surface area (Å²) in [6.07, 6.45) is 7.71. The predicted octanol–water partition coefficient (Wildman–Crippen LogP) is 1.87. The van der Waals surface area contributed by atoms with Crippen LogP contribution in [0.15, 0.2) is 24.9 Å². The van der Waals surface area contributed by atoms with Gasteiger partial charge in [-0.2, -0.15) is 0 Å². The van der Waals surface area contributed by atoms with Crippen molar-refractivity contribution < 1.29 is 9.90 Å². The van der Waals surface area contributed by atoms with E-state index in [1.807, 2.05) is 32.7 Å². The molecule has 0 aliphatic carbocycles. The number of hydrogen-bond donors (Lipinski definition) is 1. The third-order valence-electron chi connectivity index (χ3n) is 3.92. The molecule has 0 saturated carbocycles. The second-order valence-corrected chi connectivity index (χ2v) is 5.34. The molecule has 0 aliphatic rings. The molecule has 0 spiro atoms. The summed E-state index contributed by atoms with van der Waals surface area (Å²) in [5, 5.41) is 6.89. The Balaban J connectivity index is 0.000000647. The van der Waals surface area contributed by atoms with Gasteiger partial charge in [0.15, 0.2) is 11.6 Å². The van der Waals surface area contributed by atoms with Crippen LogP contribution in [0, 0.1) is 13.8 Å². The van der Waals surface area contributed by atoms with E-state index in [2.05, 4.69) is 48.7 Å². The van der Waals surface area contributed by atoms with Gasteiger partial charge in [-0.25, -0.2) is 15.0 Å². The van der Waals surface area contributed by atoms with Crippen LogP contribution in [0.4, 0.5) is 0 Å². The highest BCUT2D eigenvalue weighted by atomic mass is 16.3. The zero-order valence-corrected chi connectivity index (χ0v) is 14.3. The summed E-state index contributed by atoms with van der Waals surface area (Å²) < 4.78 is 6.24. The first-order valence-corrected chi connectivity index (χ1v) is 7.61. The number of rotatable bonds is 4. The van der Waals surface area contributed by atoms with Crippen molar-refractivity contribution in [3.63, 3.8) is 0 Å². The first kappa shape index (κ1) is 17.5. The van der Waals surface area contributed by atoms with Crippen LogP contribution in [-0.2, 0) is 24.9 Å². The van der Waals surface area contributed by atoms with Gasteiger partial charge in [0.1, 0.15) is 0 Å². The average molecular weight is 330 g/mol. The molecule has 1 N–H and O–H groups in total. The fourth-order valence-corrected chi connectivity index (χ4v) is 2.39. The highest BCUT2D eigenvalue weighted by molar-refractivity contribution is 5.47. The van der Waals surface area contributed by atoms with Gasteiger partial charge >= 0.3 is 0 Å². The van der Waals surface area contributed by atoms with Crippen LogP contribution in [0.2, 0.25) is 0 Å². The van der Waals surface area contributed by atoms with Gasteiger partial charge in [0.25, 0.3) is 6.47 Å². The molecule has 3 heterocycles. The minimum atomic E-state index is -0.250. The van der Waals surface area contributed by atoms with E-state index in [-0.39, 0.29) is 6.47 Å². The summed E-state index contributed by atoms with van der Waals surface area (Å²) in [7, 11) is 2.02. The molecule has 0 aromatic carbocycles. The predicted molar refractivity (Wildman–Crippen MR) is 89.6 cm³/mol. The van der Waals surface area contributed by atoms with E-state index in [0.29, 0.717) is 6.54 Å². The summed E-state index contributed by atoms with van der Waals surface area (Å²) in [4.78, 5) is 21.9. The Morgan fingerprint density at radius 1 is 1.25 bits per heavy atom. The summed E-state index contributed by atoms with van der Waals surface area (Å²) in [5.41, 5.74) is 3.23. The van der Waals surface area contributed by atoms with E-state index in [0.717, 1.165) is 35.3 Å². The summed E-state index contributed by atoms with van der Waals surface area (Å²) in [5.74, 6) is 1.77. The Kier molecular flexibility index (Phi) is 5.51. The van der Waals surface area contributed by atoms with Crippen molar-refractivity contribution in [3.8, 4) is 11.6 Å². The van der Waals surface area contributed by atoms with Gasteiger partial charge in [0.2, 0.25) is 0 Å². The van der Waals surface area contributed by atoms with E-state index in [9.17, 15) is 0 Å². The summed E-state index contributed by atoms with van der Waals surface area (Å²) in [6.45, 7) is 7.58. The van der Waals surface area contributed by atoms with Crippen molar-refractivity contribution in [2.24, 2.45) is 7.05 Å². The largest absolute Gasteiger partial charge is 0.483 e. The molecule has 0 bridgehead atoms. The number of nitrogens with zero attached hydrogens (tertiary/aromatic N) is 6. The summed E-state index contributed by atoms with van der Waals surface area (Å²) >= 11 is 0. The van der Waals surface area contributed by atoms with Gasteiger partial charge in [0, 0.05) is 37.9 Å². The van der Waals surface area contributed by atoms with Crippen LogP contribution in [0.5, 0.6) is 0 Å². The fraction of sp³-hybridized carbons (Fsp3) is 0.375. The third-order valence-corrected chi connectivity index (χ3v) is 3.92. The topological polar surface area (TPSA) is 90.8 Å². The number of carboxylic acid groups (broad SMARTS) is 1. The fourth-order valence-electron chi connectivity index (χ4n) is 2.39. The monoisotopic (exact) mass is 330 g/mol. The standard InChI is InChI=1S/C15H20N6.CH2O2/c1-5-20-8-13(17-10-20)9-21-7-6-16-14(21)15-18-11(2)12(3)19(15)4;2-1-3/h6-8,10H,5,9H2,1-4H3;1H,(H,2,3). The van der Waals surface area contributed by atoms with E-state index in [4.69, 9.17) is 9.90 Å². The molecule has 0 atom stereocenters. The Morgan fingerprint density at radius 3 is 2.50 bits per heavy atom. The number of imidazole rings is 3. The number of hydrogen-bond acceptors (Lipinski definition) is 4. The van der Waals surface area contributed by atoms with Gasteiger partial charge in [-0.1, -0.05) is 0 Å². The maximum absolute atomic E-state index is 8.36. The lowest BCUT2D eigenvalue weighted by molar-refractivity contribution is -0.122. The van der Waals surface area contributed by atoms with E-state index in [1.54, 1.807) is 0 Å². The quantitative estimate of drug-likeness (QED) is 0.737. The highest BCUT2D eigenvalue weighted by Crippen LogP contribution is 2.20. The molecule has 3 aromatic rings. The zero-order valence-electron chi connectivity index (χ0n) is 14.3. The van der Waals surface area contributed by atoms with Crippen LogP contribution in [-0.4, -0.2) is 40.2 Å². The first-order valence-electron chi connectivity index (χ1n) is 7.61. The van der Waals surface area contributed by atoms with Crippen LogP contribution in [0.25, 0.3) is 11.6 Å². The molecule has 0 amide bonds. The van der Waals surface area contributed by atoms with Crippen LogP contribution >= 0.6 is 0 Å². The number of carbonyl (C=O) groups is 1. The Hall–Kier alpha value is -2.90. The Morgan fingerprint density at radius 2 is 1.96 bits per heavy atom. The number of aryl methyl sites for hydroxylation is 2. The molecule has 0 unspecified atom stereocenters. The normalized spacial score (nSPS) is 10.3. The van der Waals surface area contributed by atoms with E-state index in [1.165, 1.54) is 0 Å². The van der Waals surface area contributed by atoms with Crippen LogP contribution in [0.3, 0.4) is 0 Å².